The monoisotopic (exact) mass is 516 g/mol. The fourth-order valence-electron chi connectivity index (χ4n) is 3.98. The molecule has 0 radical (unpaired) electrons. The highest BCUT2D eigenvalue weighted by Crippen LogP contribution is 2.32. The number of amides is 1. The van der Waals surface area contributed by atoms with Gasteiger partial charge in [-0.3, -0.25) is 4.79 Å². The van der Waals surface area contributed by atoms with Crippen LogP contribution in [0, 0.1) is 0 Å². The van der Waals surface area contributed by atoms with Crippen LogP contribution in [0.5, 0.6) is 11.5 Å². The number of carbonyl (C=O) groups excluding carboxylic acids is 1. The molecule has 4 aromatic rings. The van der Waals surface area contributed by atoms with Crippen LogP contribution in [0.3, 0.4) is 0 Å². The summed E-state index contributed by atoms with van der Waals surface area (Å²) in [5, 5.41) is 12.7. The number of rotatable bonds is 11. The van der Waals surface area contributed by atoms with Crippen LogP contribution < -0.4 is 14.8 Å². The molecule has 5 rings (SSSR count). The number of hydrogen-bond donors (Lipinski definition) is 1. The third-order valence-corrected chi connectivity index (χ3v) is 7.03. The fraction of sp³-hybridized carbons (Fsp3) is 0.250. The van der Waals surface area contributed by atoms with Crippen LogP contribution >= 0.6 is 11.8 Å². The zero-order valence-corrected chi connectivity index (χ0v) is 21.4. The fourth-order valence-corrected chi connectivity index (χ4v) is 4.92. The zero-order valence-electron chi connectivity index (χ0n) is 20.6. The molecule has 2 heterocycles. The van der Waals surface area contributed by atoms with Gasteiger partial charge in [0.25, 0.3) is 5.91 Å². The van der Waals surface area contributed by atoms with E-state index in [1.54, 1.807) is 18.9 Å². The van der Waals surface area contributed by atoms with Crippen molar-refractivity contribution in [3.05, 3.63) is 101 Å². The standard InChI is InChI=1S/C28H28N4O4S/c1-34-14-13-32-26(16-20-5-3-2-4-6-20)30-31-28(32)37-18-21-7-10-23(11-8-21)27(33)29-17-22-9-12-24-25(15-22)36-19-35-24/h2-12,15H,13-14,16-19H2,1H3,(H,29,33). The molecular weight excluding hydrogens is 488 g/mol. The topological polar surface area (TPSA) is 87.5 Å². The second-order valence-electron chi connectivity index (χ2n) is 8.56. The largest absolute Gasteiger partial charge is 0.454 e. The van der Waals surface area contributed by atoms with Gasteiger partial charge in [-0.05, 0) is 41.0 Å². The molecule has 0 saturated heterocycles. The molecule has 190 valence electrons. The summed E-state index contributed by atoms with van der Waals surface area (Å²) >= 11 is 1.62. The first-order valence-corrected chi connectivity index (χ1v) is 13.0. The lowest BCUT2D eigenvalue weighted by Crippen LogP contribution is -2.22. The van der Waals surface area contributed by atoms with E-state index in [0.29, 0.717) is 37.4 Å². The van der Waals surface area contributed by atoms with Gasteiger partial charge >= 0.3 is 0 Å². The van der Waals surface area contributed by atoms with Crippen molar-refractivity contribution in [2.45, 2.75) is 30.4 Å². The van der Waals surface area contributed by atoms with Crippen molar-refractivity contribution in [2.75, 3.05) is 20.5 Å². The third-order valence-electron chi connectivity index (χ3n) is 5.99. The molecule has 0 fully saturated rings. The van der Waals surface area contributed by atoms with Gasteiger partial charge in [0, 0.05) is 37.9 Å². The van der Waals surface area contributed by atoms with Gasteiger partial charge in [0.1, 0.15) is 5.82 Å². The zero-order chi connectivity index (χ0) is 25.5. The lowest BCUT2D eigenvalue weighted by molar-refractivity contribution is 0.0951. The smallest absolute Gasteiger partial charge is 0.251 e. The Morgan fingerprint density at radius 3 is 2.57 bits per heavy atom. The van der Waals surface area contributed by atoms with Crippen molar-refractivity contribution in [1.29, 1.82) is 0 Å². The SMILES string of the molecule is COCCn1c(Cc2ccccc2)nnc1SCc1ccc(C(=O)NCc2ccc3c(c2)OCO3)cc1. The first-order valence-electron chi connectivity index (χ1n) is 12.0. The van der Waals surface area contributed by atoms with Crippen molar-refractivity contribution < 1.29 is 19.0 Å². The summed E-state index contributed by atoms with van der Waals surface area (Å²) in [4.78, 5) is 12.6. The number of carbonyl (C=O) groups is 1. The van der Waals surface area contributed by atoms with E-state index >= 15 is 0 Å². The molecule has 9 heteroatoms. The first kappa shape index (κ1) is 24.9. The average molecular weight is 517 g/mol. The van der Waals surface area contributed by atoms with Crippen molar-refractivity contribution in [3.63, 3.8) is 0 Å². The van der Waals surface area contributed by atoms with Gasteiger partial charge in [0.2, 0.25) is 6.79 Å². The maximum absolute atomic E-state index is 12.6. The van der Waals surface area contributed by atoms with E-state index in [9.17, 15) is 4.79 Å². The summed E-state index contributed by atoms with van der Waals surface area (Å²) in [7, 11) is 1.70. The van der Waals surface area contributed by atoms with Gasteiger partial charge in [-0.2, -0.15) is 0 Å². The summed E-state index contributed by atoms with van der Waals surface area (Å²) in [6, 6.07) is 23.6. The van der Waals surface area contributed by atoms with Crippen molar-refractivity contribution >= 4 is 17.7 Å². The lowest BCUT2D eigenvalue weighted by Gasteiger charge is -2.10. The van der Waals surface area contributed by atoms with Crippen LogP contribution in [0.2, 0.25) is 0 Å². The molecule has 0 bridgehead atoms. The maximum atomic E-state index is 12.6. The minimum Gasteiger partial charge on any atom is -0.454 e. The number of aromatic nitrogens is 3. The van der Waals surface area contributed by atoms with Crippen LogP contribution in [-0.4, -0.2) is 41.2 Å². The van der Waals surface area contributed by atoms with Crippen LogP contribution in [0.1, 0.15) is 32.9 Å². The Labute approximate surface area is 220 Å². The second kappa shape index (κ2) is 11.9. The predicted molar refractivity (Wildman–Crippen MR) is 141 cm³/mol. The molecule has 0 unspecified atom stereocenters. The first-order chi connectivity index (χ1) is 18.2. The number of methoxy groups -OCH3 is 1. The van der Waals surface area contributed by atoms with E-state index in [4.69, 9.17) is 14.2 Å². The Hall–Kier alpha value is -3.82. The minimum atomic E-state index is -0.123. The average Bonchev–Trinajstić information content (AvgIpc) is 3.56. The molecule has 1 aliphatic rings. The lowest BCUT2D eigenvalue weighted by atomic mass is 10.1. The number of nitrogens with zero attached hydrogens (tertiary/aromatic N) is 3. The van der Waals surface area contributed by atoms with Gasteiger partial charge < -0.3 is 24.1 Å². The summed E-state index contributed by atoms with van der Waals surface area (Å²) in [5.41, 5.74) is 3.86. The molecule has 0 spiro atoms. The normalized spacial score (nSPS) is 12.0. The number of thioether (sulfide) groups is 1. The van der Waals surface area contributed by atoms with Crippen LogP contribution in [0.4, 0.5) is 0 Å². The van der Waals surface area contributed by atoms with Crippen LogP contribution in [0.15, 0.2) is 78.0 Å². The molecule has 1 aliphatic heterocycles. The maximum Gasteiger partial charge on any atom is 0.251 e. The van der Waals surface area contributed by atoms with Crippen LogP contribution in [-0.2, 0) is 30.0 Å². The number of nitrogens with one attached hydrogen (secondary N) is 1. The predicted octanol–water partition coefficient (Wildman–Crippen LogP) is 4.47. The number of fused-ring (bicyclic) bond motifs is 1. The quantitative estimate of drug-likeness (QED) is 0.294. The molecule has 0 atom stereocenters. The van der Waals surface area contributed by atoms with Crippen LogP contribution in [0.25, 0.3) is 0 Å². The molecule has 1 amide bonds. The number of ether oxygens (including phenoxy) is 3. The summed E-state index contributed by atoms with van der Waals surface area (Å²) < 4.78 is 18.2. The third kappa shape index (κ3) is 6.31. The molecular formula is C28H28N4O4S. The molecule has 1 N–H and O–H groups in total. The molecule has 8 nitrogen and oxygen atoms in total. The second-order valence-corrected chi connectivity index (χ2v) is 9.50. The molecule has 37 heavy (non-hydrogen) atoms. The Morgan fingerprint density at radius 1 is 0.973 bits per heavy atom. The Morgan fingerprint density at radius 2 is 1.76 bits per heavy atom. The number of benzene rings is 3. The van der Waals surface area contributed by atoms with Gasteiger partial charge in [0.05, 0.1) is 6.61 Å². The summed E-state index contributed by atoms with van der Waals surface area (Å²) in [5.74, 6) is 2.95. The van der Waals surface area contributed by atoms with E-state index in [1.165, 1.54) is 5.56 Å². The minimum absolute atomic E-state index is 0.123. The highest BCUT2D eigenvalue weighted by Gasteiger charge is 2.15. The van der Waals surface area contributed by atoms with E-state index in [0.717, 1.165) is 33.6 Å². The molecule has 0 aliphatic carbocycles. The molecule has 0 saturated carbocycles. The van der Waals surface area contributed by atoms with E-state index in [1.807, 2.05) is 60.7 Å². The van der Waals surface area contributed by atoms with Gasteiger partial charge in [-0.1, -0.05) is 60.3 Å². The van der Waals surface area contributed by atoms with Crippen molar-refractivity contribution in [2.24, 2.45) is 0 Å². The van der Waals surface area contributed by atoms with Gasteiger partial charge in [-0.15, -0.1) is 10.2 Å². The summed E-state index contributed by atoms with van der Waals surface area (Å²) in [6.45, 7) is 1.92. The van der Waals surface area contributed by atoms with Crippen molar-refractivity contribution in [3.8, 4) is 11.5 Å². The highest BCUT2D eigenvalue weighted by molar-refractivity contribution is 7.98. The Balaban J connectivity index is 1.17. The Kier molecular flexibility index (Phi) is 8.02. The van der Waals surface area contributed by atoms with Gasteiger partial charge in [-0.25, -0.2) is 0 Å². The van der Waals surface area contributed by atoms with Crippen molar-refractivity contribution in [1.82, 2.24) is 20.1 Å². The van der Waals surface area contributed by atoms with E-state index in [2.05, 4.69) is 32.2 Å². The molecule has 3 aromatic carbocycles. The molecule has 1 aromatic heterocycles. The Bertz CT molecular complexity index is 1340. The summed E-state index contributed by atoms with van der Waals surface area (Å²) in [6.07, 6.45) is 0.716. The van der Waals surface area contributed by atoms with E-state index < -0.39 is 0 Å². The van der Waals surface area contributed by atoms with E-state index in [-0.39, 0.29) is 12.7 Å². The van der Waals surface area contributed by atoms with Gasteiger partial charge in [0.15, 0.2) is 16.7 Å². The number of hydrogen-bond acceptors (Lipinski definition) is 7. The highest BCUT2D eigenvalue weighted by atomic mass is 32.2.